The molecule has 0 spiro atoms. The molecule has 1 saturated heterocycles. The standard InChI is InChI=1S/C23H28N6O4/c1-2-32-12-11-29-23(31)28-9-6-18(15-20(28)25-29)27-10-13-33-19-14-17(16-24-21(19)27)22(30)26-7-4-3-5-8-26/h6,9,14-16H,2-5,7-8,10-13H2,1H3. The molecule has 0 saturated carbocycles. The predicted octanol–water partition coefficient (Wildman–Crippen LogP) is 2.08. The molecular weight excluding hydrogens is 424 g/mol. The molecule has 0 atom stereocenters. The number of fused-ring (bicyclic) bond motifs is 2. The summed E-state index contributed by atoms with van der Waals surface area (Å²) in [5.74, 6) is 1.24. The summed E-state index contributed by atoms with van der Waals surface area (Å²) in [5.41, 5.74) is 1.76. The van der Waals surface area contributed by atoms with Crippen molar-refractivity contribution in [1.82, 2.24) is 24.1 Å². The largest absolute Gasteiger partial charge is 0.488 e. The second-order valence-corrected chi connectivity index (χ2v) is 8.21. The molecule has 1 amide bonds. The average molecular weight is 453 g/mol. The van der Waals surface area contributed by atoms with E-state index in [2.05, 4.69) is 10.1 Å². The second kappa shape index (κ2) is 9.22. The summed E-state index contributed by atoms with van der Waals surface area (Å²) < 4.78 is 14.1. The van der Waals surface area contributed by atoms with Crippen molar-refractivity contribution in [2.24, 2.45) is 0 Å². The zero-order valence-electron chi connectivity index (χ0n) is 18.8. The van der Waals surface area contributed by atoms with Crippen molar-refractivity contribution < 1.29 is 14.3 Å². The summed E-state index contributed by atoms with van der Waals surface area (Å²) in [6, 6.07) is 5.52. The third-order valence-corrected chi connectivity index (χ3v) is 6.08. The number of rotatable bonds is 6. The van der Waals surface area contributed by atoms with Crippen molar-refractivity contribution in [3.63, 3.8) is 0 Å². The number of hydrogen-bond acceptors (Lipinski definition) is 7. The smallest absolute Gasteiger partial charge is 0.350 e. The van der Waals surface area contributed by atoms with Crippen LogP contribution in [0.5, 0.6) is 5.75 Å². The monoisotopic (exact) mass is 452 g/mol. The Kier molecular flexibility index (Phi) is 5.99. The van der Waals surface area contributed by atoms with Gasteiger partial charge in [0.05, 0.1) is 25.3 Å². The molecule has 2 aliphatic heterocycles. The minimum absolute atomic E-state index is 0.00381. The van der Waals surface area contributed by atoms with Crippen LogP contribution in [0.4, 0.5) is 11.5 Å². The Morgan fingerprint density at radius 2 is 2.03 bits per heavy atom. The third kappa shape index (κ3) is 4.18. The van der Waals surface area contributed by atoms with E-state index in [-0.39, 0.29) is 11.6 Å². The highest BCUT2D eigenvalue weighted by Crippen LogP contribution is 2.35. The van der Waals surface area contributed by atoms with E-state index in [1.54, 1.807) is 18.5 Å². The van der Waals surface area contributed by atoms with E-state index in [0.29, 0.717) is 55.7 Å². The predicted molar refractivity (Wildman–Crippen MR) is 122 cm³/mol. The van der Waals surface area contributed by atoms with Gasteiger partial charge in [0.1, 0.15) is 6.61 Å². The van der Waals surface area contributed by atoms with Crippen molar-refractivity contribution in [1.29, 1.82) is 0 Å². The molecule has 0 aliphatic carbocycles. The average Bonchev–Trinajstić information content (AvgIpc) is 3.18. The topological polar surface area (TPSA) is 94.2 Å². The zero-order chi connectivity index (χ0) is 22.8. The van der Waals surface area contributed by atoms with Crippen LogP contribution in [0, 0.1) is 0 Å². The highest BCUT2D eigenvalue weighted by atomic mass is 16.5. The van der Waals surface area contributed by atoms with Gasteiger partial charge in [-0.15, -0.1) is 5.10 Å². The maximum Gasteiger partial charge on any atom is 0.350 e. The highest BCUT2D eigenvalue weighted by Gasteiger charge is 2.25. The molecule has 33 heavy (non-hydrogen) atoms. The maximum atomic E-state index is 12.9. The van der Waals surface area contributed by atoms with Gasteiger partial charge in [-0.3, -0.25) is 9.20 Å². The molecule has 10 nitrogen and oxygen atoms in total. The molecule has 10 heteroatoms. The minimum atomic E-state index is -0.197. The molecule has 0 unspecified atom stereocenters. The van der Waals surface area contributed by atoms with Gasteiger partial charge in [-0.2, -0.15) is 0 Å². The summed E-state index contributed by atoms with van der Waals surface area (Å²) >= 11 is 0. The normalized spacial score (nSPS) is 16.0. The van der Waals surface area contributed by atoms with Crippen molar-refractivity contribution in [3.05, 3.63) is 46.6 Å². The molecule has 0 N–H and O–H groups in total. The molecule has 5 heterocycles. The van der Waals surface area contributed by atoms with E-state index in [4.69, 9.17) is 9.47 Å². The van der Waals surface area contributed by atoms with Gasteiger partial charge in [-0.05, 0) is 38.3 Å². The van der Waals surface area contributed by atoms with Crippen molar-refractivity contribution in [2.45, 2.75) is 32.7 Å². The van der Waals surface area contributed by atoms with Crippen molar-refractivity contribution in [3.8, 4) is 5.75 Å². The lowest BCUT2D eigenvalue weighted by molar-refractivity contribution is 0.0723. The van der Waals surface area contributed by atoms with Crippen molar-refractivity contribution >= 4 is 23.1 Å². The Labute approximate surface area is 191 Å². The Bertz CT molecular complexity index is 1210. The van der Waals surface area contributed by atoms with Crippen LogP contribution in [0.3, 0.4) is 0 Å². The van der Waals surface area contributed by atoms with Gasteiger partial charge in [0.25, 0.3) is 5.91 Å². The molecule has 3 aromatic heterocycles. The van der Waals surface area contributed by atoms with Gasteiger partial charge < -0.3 is 19.3 Å². The molecule has 174 valence electrons. The first-order chi connectivity index (χ1) is 16.2. The number of amides is 1. The zero-order valence-corrected chi connectivity index (χ0v) is 18.8. The van der Waals surface area contributed by atoms with Crippen molar-refractivity contribution in [2.75, 3.05) is 44.4 Å². The Morgan fingerprint density at radius 3 is 2.85 bits per heavy atom. The lowest BCUT2D eigenvalue weighted by Gasteiger charge is -2.31. The van der Waals surface area contributed by atoms with E-state index in [0.717, 1.165) is 31.6 Å². The Balaban J connectivity index is 1.41. The van der Waals surface area contributed by atoms with E-state index in [1.165, 1.54) is 15.5 Å². The molecule has 0 bridgehead atoms. The van der Waals surface area contributed by atoms with Gasteiger partial charge >= 0.3 is 5.69 Å². The first kappa shape index (κ1) is 21.4. The van der Waals surface area contributed by atoms with E-state index < -0.39 is 0 Å². The molecule has 3 aromatic rings. The third-order valence-electron chi connectivity index (χ3n) is 6.08. The number of aromatic nitrogens is 4. The van der Waals surface area contributed by atoms with Crippen LogP contribution in [-0.2, 0) is 11.3 Å². The lowest BCUT2D eigenvalue weighted by atomic mass is 10.1. The van der Waals surface area contributed by atoms with Crippen LogP contribution in [0.2, 0.25) is 0 Å². The fourth-order valence-corrected chi connectivity index (χ4v) is 4.36. The lowest BCUT2D eigenvalue weighted by Crippen LogP contribution is -2.36. The SMILES string of the molecule is CCOCCn1nc2cc(N3CCOc4cc(C(=O)N5CCCCC5)cnc43)ccn2c1=O. The van der Waals surface area contributed by atoms with Crippen LogP contribution in [0.15, 0.2) is 35.4 Å². The van der Waals surface area contributed by atoms with Crippen LogP contribution in [0.1, 0.15) is 36.5 Å². The summed E-state index contributed by atoms with van der Waals surface area (Å²) in [7, 11) is 0. The number of pyridine rings is 2. The highest BCUT2D eigenvalue weighted by molar-refractivity contribution is 5.95. The van der Waals surface area contributed by atoms with E-state index in [9.17, 15) is 9.59 Å². The van der Waals surface area contributed by atoms with Gasteiger partial charge in [-0.25, -0.2) is 14.5 Å². The number of carbonyl (C=O) groups excluding carboxylic acids is 1. The fraction of sp³-hybridized carbons (Fsp3) is 0.478. The molecular formula is C23H28N6O4. The molecule has 5 rings (SSSR count). The number of ether oxygens (including phenoxy) is 2. The molecule has 0 aromatic carbocycles. The van der Waals surface area contributed by atoms with Gasteiger partial charge in [-0.1, -0.05) is 0 Å². The van der Waals surface area contributed by atoms with E-state index in [1.807, 2.05) is 28.9 Å². The van der Waals surface area contributed by atoms with Crippen LogP contribution in [-0.4, -0.2) is 69.4 Å². The first-order valence-electron chi connectivity index (χ1n) is 11.5. The Hall–Kier alpha value is -3.40. The number of hydrogen-bond donors (Lipinski definition) is 0. The summed E-state index contributed by atoms with van der Waals surface area (Å²) in [5, 5.41) is 4.44. The molecule has 2 aliphatic rings. The summed E-state index contributed by atoms with van der Waals surface area (Å²) in [4.78, 5) is 33.9. The minimum Gasteiger partial charge on any atom is -0.488 e. The van der Waals surface area contributed by atoms with Gasteiger partial charge in [0.2, 0.25) is 0 Å². The Morgan fingerprint density at radius 1 is 1.18 bits per heavy atom. The first-order valence-corrected chi connectivity index (χ1v) is 11.5. The summed E-state index contributed by atoms with van der Waals surface area (Å²) in [6.07, 6.45) is 6.61. The van der Waals surface area contributed by atoms with E-state index >= 15 is 0 Å². The number of likely N-dealkylation sites (tertiary alicyclic amines) is 1. The second-order valence-electron chi connectivity index (χ2n) is 8.21. The van der Waals surface area contributed by atoms with Gasteiger partial charge in [0.15, 0.2) is 17.2 Å². The molecule has 1 fully saturated rings. The maximum absolute atomic E-state index is 12.9. The van der Waals surface area contributed by atoms with Crippen LogP contribution >= 0.6 is 0 Å². The van der Waals surface area contributed by atoms with Gasteiger partial charge in [0, 0.05) is 43.8 Å². The van der Waals surface area contributed by atoms with Crippen LogP contribution in [0.25, 0.3) is 5.65 Å². The summed E-state index contributed by atoms with van der Waals surface area (Å²) in [6.45, 7) is 6.01. The molecule has 0 radical (unpaired) electrons. The number of piperidine rings is 1. The number of anilines is 2. The number of nitrogens with zero attached hydrogens (tertiary/aromatic N) is 6. The fourth-order valence-electron chi connectivity index (χ4n) is 4.36. The quantitative estimate of drug-likeness (QED) is 0.529. The van der Waals surface area contributed by atoms with Crippen LogP contribution < -0.4 is 15.3 Å². The number of carbonyl (C=O) groups is 1.